The number of carbonyl (C=O) groups excluding carboxylic acids is 1. The van der Waals surface area contributed by atoms with Crippen LogP contribution < -0.4 is 5.32 Å². The maximum absolute atomic E-state index is 11.9. The van der Waals surface area contributed by atoms with Crippen molar-refractivity contribution < 1.29 is 23.4 Å². The van der Waals surface area contributed by atoms with Crippen molar-refractivity contribution in [2.75, 3.05) is 32.0 Å². The second-order valence-electron chi connectivity index (χ2n) is 5.45. The fourth-order valence-corrected chi connectivity index (χ4v) is 3.19. The molecule has 7 nitrogen and oxygen atoms in total. The number of rotatable bonds is 6. The molecule has 20 heavy (non-hydrogen) atoms. The predicted molar refractivity (Wildman–Crippen MR) is 74.5 cm³/mol. The van der Waals surface area contributed by atoms with E-state index in [1.165, 1.54) is 11.2 Å². The van der Waals surface area contributed by atoms with Crippen molar-refractivity contribution in [3.63, 3.8) is 0 Å². The zero-order valence-corrected chi connectivity index (χ0v) is 12.8. The van der Waals surface area contributed by atoms with Gasteiger partial charge in [-0.2, -0.15) is 0 Å². The third-order valence-corrected chi connectivity index (χ3v) is 5.45. The number of aliphatic hydroxyl groups excluding tert-OH is 1. The highest BCUT2D eigenvalue weighted by Crippen LogP contribution is 2.20. The molecule has 0 spiro atoms. The van der Waals surface area contributed by atoms with Crippen molar-refractivity contribution in [1.29, 1.82) is 0 Å². The van der Waals surface area contributed by atoms with Gasteiger partial charge in [-0.3, -0.25) is 4.79 Å². The van der Waals surface area contributed by atoms with E-state index in [-0.39, 0.29) is 24.1 Å². The Hall–Kier alpha value is -0.700. The van der Waals surface area contributed by atoms with Gasteiger partial charge in [0.1, 0.15) is 5.60 Å². The van der Waals surface area contributed by atoms with Crippen LogP contribution in [0, 0.1) is 5.92 Å². The molecule has 0 aromatic carbocycles. The van der Waals surface area contributed by atoms with E-state index in [1.54, 1.807) is 6.92 Å². The highest BCUT2D eigenvalue weighted by atomic mass is 32.2. The highest BCUT2D eigenvalue weighted by molar-refractivity contribution is 7.89. The minimum absolute atomic E-state index is 0.0180. The Balaban J connectivity index is 2.44. The van der Waals surface area contributed by atoms with Gasteiger partial charge in [0.2, 0.25) is 15.9 Å². The molecule has 118 valence electrons. The van der Waals surface area contributed by atoms with E-state index in [0.717, 1.165) is 0 Å². The van der Waals surface area contributed by atoms with E-state index in [0.29, 0.717) is 25.9 Å². The zero-order valence-electron chi connectivity index (χ0n) is 12.0. The first-order valence-corrected chi connectivity index (χ1v) is 8.41. The summed E-state index contributed by atoms with van der Waals surface area (Å²) in [5.74, 6) is -0.372. The molecule has 1 unspecified atom stereocenters. The third kappa shape index (κ3) is 4.69. The lowest BCUT2D eigenvalue weighted by molar-refractivity contribution is -0.127. The molecule has 1 heterocycles. The molecular weight excluding hydrogens is 284 g/mol. The first-order chi connectivity index (χ1) is 9.22. The molecule has 0 aromatic rings. The van der Waals surface area contributed by atoms with Gasteiger partial charge < -0.3 is 15.5 Å². The summed E-state index contributed by atoms with van der Waals surface area (Å²) in [5.41, 5.74) is -1.33. The Morgan fingerprint density at radius 1 is 1.40 bits per heavy atom. The summed E-state index contributed by atoms with van der Waals surface area (Å²) in [6.07, 6.45) is 0.957. The van der Waals surface area contributed by atoms with Gasteiger partial charge in [-0.05, 0) is 26.7 Å². The van der Waals surface area contributed by atoms with Gasteiger partial charge in [-0.25, -0.2) is 12.7 Å². The smallest absolute Gasteiger partial charge is 0.223 e. The van der Waals surface area contributed by atoms with Crippen LogP contribution in [0.1, 0.15) is 26.7 Å². The lowest BCUT2D eigenvalue weighted by Crippen LogP contribution is -2.47. The number of nitrogens with one attached hydrogen (secondary N) is 1. The normalized spacial score (nSPS) is 21.4. The lowest BCUT2D eigenvalue weighted by Gasteiger charge is -2.31. The summed E-state index contributed by atoms with van der Waals surface area (Å²) in [6, 6.07) is 0. The SMILES string of the molecule is CCS(=O)(=O)N1CCC(C(=O)NCC(C)(O)CO)CC1. The molecule has 1 amide bonds. The average molecular weight is 308 g/mol. The minimum atomic E-state index is -3.18. The van der Waals surface area contributed by atoms with Crippen LogP contribution >= 0.6 is 0 Å². The Morgan fingerprint density at radius 3 is 2.40 bits per heavy atom. The van der Waals surface area contributed by atoms with Crippen molar-refractivity contribution in [2.24, 2.45) is 5.92 Å². The average Bonchev–Trinajstić information content (AvgIpc) is 2.45. The number of aliphatic hydroxyl groups is 2. The molecule has 0 saturated carbocycles. The molecule has 0 aromatic heterocycles. The molecule has 0 bridgehead atoms. The quantitative estimate of drug-likeness (QED) is 0.578. The minimum Gasteiger partial charge on any atom is -0.393 e. The number of hydrogen-bond donors (Lipinski definition) is 3. The predicted octanol–water partition coefficient (Wildman–Crippen LogP) is -1.09. The van der Waals surface area contributed by atoms with Crippen molar-refractivity contribution in [1.82, 2.24) is 9.62 Å². The fourth-order valence-electron chi connectivity index (χ4n) is 2.06. The summed E-state index contributed by atoms with van der Waals surface area (Å²) >= 11 is 0. The largest absolute Gasteiger partial charge is 0.393 e. The molecule has 1 fully saturated rings. The summed E-state index contributed by atoms with van der Waals surface area (Å²) in [5, 5.41) is 21.1. The van der Waals surface area contributed by atoms with Crippen LogP contribution in [0.5, 0.6) is 0 Å². The van der Waals surface area contributed by atoms with Crippen LogP contribution in [-0.2, 0) is 14.8 Å². The number of amides is 1. The summed E-state index contributed by atoms with van der Waals surface area (Å²) in [7, 11) is -3.18. The van der Waals surface area contributed by atoms with Gasteiger partial charge in [0, 0.05) is 25.6 Å². The number of hydrogen-bond acceptors (Lipinski definition) is 5. The van der Waals surface area contributed by atoms with Crippen molar-refractivity contribution >= 4 is 15.9 Å². The molecule has 1 atom stereocenters. The van der Waals surface area contributed by atoms with Gasteiger partial charge in [-0.15, -0.1) is 0 Å². The monoisotopic (exact) mass is 308 g/mol. The Labute approximate surface area is 120 Å². The van der Waals surface area contributed by atoms with Crippen LogP contribution in [0.25, 0.3) is 0 Å². The van der Waals surface area contributed by atoms with E-state index < -0.39 is 22.2 Å². The summed E-state index contributed by atoms with van der Waals surface area (Å²) in [6.45, 7) is 3.29. The molecule has 1 aliphatic rings. The topological polar surface area (TPSA) is 107 Å². The summed E-state index contributed by atoms with van der Waals surface area (Å²) < 4.78 is 24.8. The molecule has 1 saturated heterocycles. The van der Waals surface area contributed by atoms with Crippen molar-refractivity contribution in [3.8, 4) is 0 Å². The first-order valence-electron chi connectivity index (χ1n) is 6.80. The molecule has 1 rings (SSSR count). The molecular formula is C12H24N2O5S. The van der Waals surface area contributed by atoms with Crippen LogP contribution in [0.2, 0.25) is 0 Å². The molecule has 0 radical (unpaired) electrons. The molecule has 8 heteroatoms. The van der Waals surface area contributed by atoms with Crippen LogP contribution in [0.3, 0.4) is 0 Å². The first kappa shape index (κ1) is 17.4. The van der Waals surface area contributed by atoms with Crippen LogP contribution in [0.4, 0.5) is 0 Å². The van der Waals surface area contributed by atoms with Crippen LogP contribution in [0.15, 0.2) is 0 Å². The molecule has 1 aliphatic heterocycles. The second kappa shape index (κ2) is 6.84. The molecule has 0 aliphatic carbocycles. The zero-order chi connectivity index (χ0) is 15.4. The van der Waals surface area contributed by atoms with Gasteiger partial charge in [-0.1, -0.05) is 0 Å². The Kier molecular flexibility index (Phi) is 5.93. The second-order valence-corrected chi connectivity index (χ2v) is 7.70. The number of sulfonamides is 1. The number of piperidine rings is 1. The Morgan fingerprint density at radius 2 is 1.95 bits per heavy atom. The standard InChI is InChI=1S/C12H24N2O5S/c1-3-20(18,19)14-6-4-10(5-7-14)11(16)13-8-12(2,17)9-15/h10,15,17H,3-9H2,1-2H3,(H,13,16). The van der Waals surface area contributed by atoms with Gasteiger partial charge in [0.15, 0.2) is 0 Å². The van der Waals surface area contributed by atoms with Gasteiger partial charge in [0.05, 0.1) is 12.4 Å². The van der Waals surface area contributed by atoms with E-state index >= 15 is 0 Å². The van der Waals surface area contributed by atoms with Crippen LogP contribution in [-0.4, -0.2) is 66.4 Å². The van der Waals surface area contributed by atoms with Crippen molar-refractivity contribution in [3.05, 3.63) is 0 Å². The fraction of sp³-hybridized carbons (Fsp3) is 0.917. The third-order valence-electron chi connectivity index (χ3n) is 3.57. The number of carbonyl (C=O) groups is 1. The maximum atomic E-state index is 11.9. The van der Waals surface area contributed by atoms with E-state index in [4.69, 9.17) is 5.11 Å². The van der Waals surface area contributed by atoms with E-state index in [9.17, 15) is 18.3 Å². The lowest BCUT2D eigenvalue weighted by atomic mass is 9.97. The number of nitrogens with zero attached hydrogens (tertiary/aromatic N) is 1. The Bertz CT molecular complexity index is 427. The highest BCUT2D eigenvalue weighted by Gasteiger charge is 2.31. The molecule has 3 N–H and O–H groups in total. The maximum Gasteiger partial charge on any atom is 0.223 e. The summed E-state index contributed by atoms with van der Waals surface area (Å²) in [4.78, 5) is 11.9. The van der Waals surface area contributed by atoms with Crippen molar-refractivity contribution in [2.45, 2.75) is 32.3 Å². The van der Waals surface area contributed by atoms with E-state index in [1.807, 2.05) is 0 Å². The van der Waals surface area contributed by atoms with Gasteiger partial charge in [0.25, 0.3) is 0 Å². The van der Waals surface area contributed by atoms with E-state index in [2.05, 4.69) is 5.32 Å². The van der Waals surface area contributed by atoms with Gasteiger partial charge >= 0.3 is 0 Å².